The maximum absolute atomic E-state index is 6.23. The number of aryl methyl sites for hydroxylation is 2. The van der Waals surface area contributed by atoms with Crippen molar-refractivity contribution in [2.75, 3.05) is 11.5 Å². The quantitative estimate of drug-likeness (QED) is 0.193. The fourth-order valence-corrected chi connectivity index (χ4v) is 4.37. The van der Waals surface area contributed by atoms with Crippen molar-refractivity contribution in [1.82, 2.24) is 0 Å². The Hall–Kier alpha value is -3.92. The molecule has 0 fully saturated rings. The first-order chi connectivity index (χ1) is 18.0. The molecule has 0 aliphatic heterocycles. The van der Waals surface area contributed by atoms with Crippen molar-refractivity contribution in [1.29, 1.82) is 0 Å². The molecule has 0 aliphatic rings. The normalized spacial score (nSPS) is 10.9. The van der Waals surface area contributed by atoms with E-state index in [4.69, 9.17) is 20.9 Å². The van der Waals surface area contributed by atoms with E-state index in [1.54, 1.807) is 0 Å². The zero-order valence-electron chi connectivity index (χ0n) is 22.0. The number of nitrogens with two attached hydrogens (primary N) is 2. The van der Waals surface area contributed by atoms with Gasteiger partial charge in [0.25, 0.3) is 0 Å². The lowest BCUT2D eigenvalue weighted by Gasteiger charge is -2.15. The van der Waals surface area contributed by atoms with Crippen LogP contribution in [0, 0.1) is 0 Å². The number of benzene rings is 4. The SMILES string of the molecule is CCCCc1cc(Cc2ccc(Oc3ccc(N)cc3)c(CCCC)c2)ccc1Oc1ccc(N)cc1. The molecule has 4 rings (SSSR count). The van der Waals surface area contributed by atoms with Crippen LogP contribution in [-0.2, 0) is 19.3 Å². The predicted octanol–water partition coefficient (Wildman–Crippen LogP) is 8.71. The van der Waals surface area contributed by atoms with Gasteiger partial charge in [0.1, 0.15) is 23.0 Å². The van der Waals surface area contributed by atoms with E-state index in [1.807, 2.05) is 48.5 Å². The highest BCUT2D eigenvalue weighted by Gasteiger charge is 2.11. The van der Waals surface area contributed by atoms with E-state index < -0.39 is 0 Å². The van der Waals surface area contributed by atoms with Gasteiger partial charge in [-0.25, -0.2) is 0 Å². The van der Waals surface area contributed by atoms with Crippen LogP contribution in [0.2, 0.25) is 0 Å². The summed E-state index contributed by atoms with van der Waals surface area (Å²) >= 11 is 0. The van der Waals surface area contributed by atoms with Crippen molar-refractivity contribution in [2.45, 2.75) is 58.8 Å². The molecule has 0 bridgehead atoms. The zero-order chi connectivity index (χ0) is 26.0. The van der Waals surface area contributed by atoms with E-state index in [2.05, 4.69) is 50.2 Å². The molecule has 4 aromatic rings. The van der Waals surface area contributed by atoms with Crippen LogP contribution in [-0.4, -0.2) is 0 Å². The minimum atomic E-state index is 0.733. The number of unbranched alkanes of at least 4 members (excludes halogenated alkanes) is 2. The van der Waals surface area contributed by atoms with Crippen LogP contribution >= 0.6 is 0 Å². The first kappa shape index (κ1) is 26.2. The van der Waals surface area contributed by atoms with E-state index in [9.17, 15) is 0 Å². The minimum absolute atomic E-state index is 0.733. The van der Waals surface area contributed by atoms with Crippen LogP contribution in [0.4, 0.5) is 11.4 Å². The molecule has 0 unspecified atom stereocenters. The molecule has 0 amide bonds. The molecule has 192 valence electrons. The summed E-state index contributed by atoms with van der Waals surface area (Å²) in [6.07, 6.45) is 7.38. The Labute approximate surface area is 221 Å². The third-order valence-electron chi connectivity index (χ3n) is 6.47. The van der Waals surface area contributed by atoms with Gasteiger partial charge in [-0.15, -0.1) is 0 Å². The van der Waals surface area contributed by atoms with E-state index in [0.29, 0.717) is 0 Å². The van der Waals surface area contributed by atoms with Gasteiger partial charge in [-0.05, 0) is 115 Å². The fourth-order valence-electron chi connectivity index (χ4n) is 4.37. The van der Waals surface area contributed by atoms with Crippen LogP contribution in [0.5, 0.6) is 23.0 Å². The Bertz CT molecular complexity index is 1180. The number of hydrogen-bond donors (Lipinski definition) is 2. The number of nitrogen functional groups attached to an aromatic ring is 2. The molecule has 0 spiro atoms. The third kappa shape index (κ3) is 7.53. The number of hydrogen-bond acceptors (Lipinski definition) is 4. The van der Waals surface area contributed by atoms with Crippen molar-refractivity contribution in [2.24, 2.45) is 0 Å². The molecule has 4 N–H and O–H groups in total. The Morgan fingerprint density at radius 1 is 0.541 bits per heavy atom. The first-order valence-corrected chi connectivity index (χ1v) is 13.3. The van der Waals surface area contributed by atoms with Gasteiger partial charge >= 0.3 is 0 Å². The molecule has 37 heavy (non-hydrogen) atoms. The summed E-state index contributed by atoms with van der Waals surface area (Å²) in [5, 5.41) is 0. The summed E-state index contributed by atoms with van der Waals surface area (Å²) < 4.78 is 12.5. The number of rotatable bonds is 12. The lowest BCUT2D eigenvalue weighted by atomic mass is 9.97. The Morgan fingerprint density at radius 2 is 0.946 bits per heavy atom. The smallest absolute Gasteiger partial charge is 0.130 e. The lowest BCUT2D eigenvalue weighted by Crippen LogP contribution is -1.98. The standard InChI is InChI=1S/C33H38N2O2/c1-3-5-7-26-22-24(9-19-32(26)36-30-15-11-28(34)12-16-30)21-25-10-20-33(27(23-25)8-6-4-2)37-31-17-13-29(35)14-18-31/h9-20,22-23H,3-8,21,34-35H2,1-2H3. The topological polar surface area (TPSA) is 70.5 Å². The zero-order valence-corrected chi connectivity index (χ0v) is 22.0. The van der Waals surface area contributed by atoms with Crippen molar-refractivity contribution >= 4 is 11.4 Å². The van der Waals surface area contributed by atoms with E-state index >= 15 is 0 Å². The summed E-state index contributed by atoms with van der Waals surface area (Å²) in [4.78, 5) is 0. The van der Waals surface area contributed by atoms with Gasteiger partial charge in [-0.1, -0.05) is 51.0 Å². The van der Waals surface area contributed by atoms with E-state index in [0.717, 1.165) is 79.3 Å². The fraction of sp³-hybridized carbons (Fsp3) is 0.273. The number of anilines is 2. The average molecular weight is 495 g/mol. The second-order valence-electron chi connectivity index (χ2n) is 9.61. The second-order valence-corrected chi connectivity index (χ2v) is 9.61. The van der Waals surface area contributed by atoms with Gasteiger partial charge in [-0.3, -0.25) is 0 Å². The van der Waals surface area contributed by atoms with Crippen molar-refractivity contribution in [3.63, 3.8) is 0 Å². The van der Waals surface area contributed by atoms with E-state index in [1.165, 1.54) is 22.3 Å². The van der Waals surface area contributed by atoms with Gasteiger partial charge < -0.3 is 20.9 Å². The molecule has 0 saturated carbocycles. The van der Waals surface area contributed by atoms with Crippen molar-refractivity contribution in [3.05, 3.63) is 107 Å². The minimum Gasteiger partial charge on any atom is -0.457 e. The van der Waals surface area contributed by atoms with Crippen molar-refractivity contribution < 1.29 is 9.47 Å². The molecule has 4 nitrogen and oxygen atoms in total. The molecule has 0 radical (unpaired) electrons. The highest BCUT2D eigenvalue weighted by atomic mass is 16.5. The van der Waals surface area contributed by atoms with Gasteiger partial charge in [0.15, 0.2) is 0 Å². The largest absolute Gasteiger partial charge is 0.457 e. The van der Waals surface area contributed by atoms with Crippen molar-refractivity contribution in [3.8, 4) is 23.0 Å². The molecule has 0 aromatic heterocycles. The summed E-state index contributed by atoms with van der Waals surface area (Å²) in [6.45, 7) is 4.44. The molecular weight excluding hydrogens is 456 g/mol. The van der Waals surface area contributed by atoms with E-state index in [-0.39, 0.29) is 0 Å². The molecule has 4 aromatic carbocycles. The summed E-state index contributed by atoms with van der Waals surface area (Å²) in [5.41, 5.74) is 18.2. The highest BCUT2D eigenvalue weighted by Crippen LogP contribution is 2.31. The van der Waals surface area contributed by atoms with Crippen LogP contribution in [0.15, 0.2) is 84.9 Å². The molecule has 4 heteroatoms. The summed E-state index contributed by atoms with van der Waals surface area (Å²) in [5.74, 6) is 3.43. The third-order valence-corrected chi connectivity index (χ3v) is 6.47. The number of ether oxygens (including phenoxy) is 2. The van der Waals surface area contributed by atoms with Crippen LogP contribution in [0.1, 0.15) is 61.8 Å². The maximum atomic E-state index is 6.23. The predicted molar refractivity (Wildman–Crippen MR) is 155 cm³/mol. The van der Waals surface area contributed by atoms with Crippen LogP contribution in [0.3, 0.4) is 0 Å². The van der Waals surface area contributed by atoms with Gasteiger partial charge in [0, 0.05) is 11.4 Å². The average Bonchev–Trinajstić information content (AvgIpc) is 2.91. The first-order valence-electron chi connectivity index (χ1n) is 13.3. The van der Waals surface area contributed by atoms with Crippen LogP contribution in [0.25, 0.3) is 0 Å². The Morgan fingerprint density at radius 3 is 1.32 bits per heavy atom. The molecular formula is C33H38N2O2. The summed E-state index contributed by atoms with van der Waals surface area (Å²) in [7, 11) is 0. The molecule has 0 saturated heterocycles. The Kier molecular flexibility index (Phi) is 9.09. The molecule has 0 aliphatic carbocycles. The maximum Gasteiger partial charge on any atom is 0.130 e. The molecule has 0 atom stereocenters. The monoisotopic (exact) mass is 494 g/mol. The van der Waals surface area contributed by atoms with Gasteiger partial charge in [-0.2, -0.15) is 0 Å². The molecule has 0 heterocycles. The second kappa shape index (κ2) is 12.9. The van der Waals surface area contributed by atoms with Gasteiger partial charge in [0.2, 0.25) is 0 Å². The van der Waals surface area contributed by atoms with Crippen LogP contribution < -0.4 is 20.9 Å². The Balaban J connectivity index is 1.55. The van der Waals surface area contributed by atoms with Gasteiger partial charge in [0.05, 0.1) is 0 Å². The highest BCUT2D eigenvalue weighted by molar-refractivity contribution is 5.48. The summed E-state index contributed by atoms with van der Waals surface area (Å²) in [6, 6.07) is 28.3. The lowest BCUT2D eigenvalue weighted by molar-refractivity contribution is 0.475.